The van der Waals surface area contributed by atoms with Crippen molar-refractivity contribution in [3.8, 4) is 0 Å². The maximum atomic E-state index is 2.68. The Bertz CT molecular complexity index is 223. The van der Waals surface area contributed by atoms with Crippen LogP contribution >= 0.6 is 0 Å². The van der Waals surface area contributed by atoms with Gasteiger partial charge in [-0.25, -0.2) is 0 Å². The van der Waals surface area contributed by atoms with Gasteiger partial charge < -0.3 is 4.90 Å². The fourth-order valence-corrected chi connectivity index (χ4v) is 3.54. The molecular formula is C12H24N2. The minimum absolute atomic E-state index is 0.344. The second-order valence-corrected chi connectivity index (χ2v) is 6.52. The van der Waals surface area contributed by atoms with Crippen molar-refractivity contribution in [1.29, 1.82) is 0 Å². The maximum absolute atomic E-state index is 2.68. The van der Waals surface area contributed by atoms with E-state index in [4.69, 9.17) is 0 Å². The van der Waals surface area contributed by atoms with E-state index in [9.17, 15) is 0 Å². The highest BCUT2D eigenvalue weighted by molar-refractivity contribution is 5.05. The van der Waals surface area contributed by atoms with Gasteiger partial charge in [-0.2, -0.15) is 0 Å². The minimum Gasteiger partial charge on any atom is -0.305 e. The summed E-state index contributed by atoms with van der Waals surface area (Å²) in [6.45, 7) is 13.3. The lowest BCUT2D eigenvalue weighted by Gasteiger charge is -2.47. The summed E-state index contributed by atoms with van der Waals surface area (Å²) in [5.74, 6) is 0. The summed E-state index contributed by atoms with van der Waals surface area (Å²) in [4.78, 5) is 5.12. The van der Waals surface area contributed by atoms with Crippen molar-refractivity contribution in [3.05, 3.63) is 0 Å². The molecule has 0 aromatic rings. The Morgan fingerprint density at radius 2 is 1.71 bits per heavy atom. The number of nitrogens with zero attached hydrogens (tertiary/aromatic N) is 2. The number of hydrogen-bond donors (Lipinski definition) is 0. The van der Waals surface area contributed by atoms with Crippen LogP contribution in [0.15, 0.2) is 0 Å². The highest BCUT2D eigenvalue weighted by Crippen LogP contribution is 2.44. The molecule has 0 aromatic carbocycles. The van der Waals surface area contributed by atoms with E-state index in [2.05, 4.69) is 44.5 Å². The molecule has 0 N–H and O–H groups in total. The maximum Gasteiger partial charge on any atom is 0.0128 e. The fraction of sp³-hybridized carbons (Fsp3) is 1.00. The fourth-order valence-electron chi connectivity index (χ4n) is 3.54. The van der Waals surface area contributed by atoms with Gasteiger partial charge in [-0.15, -0.1) is 0 Å². The average molecular weight is 196 g/mol. The standard InChI is InChI=1S/C12H24N2/c1-10-6-12(7-13(5)8-12)9-14(10)11(2,3)4/h10H,6-9H2,1-5H3. The van der Waals surface area contributed by atoms with Gasteiger partial charge in [0, 0.05) is 36.6 Å². The van der Waals surface area contributed by atoms with Crippen LogP contribution in [0, 0.1) is 5.41 Å². The highest BCUT2D eigenvalue weighted by atomic mass is 15.3. The number of hydrogen-bond acceptors (Lipinski definition) is 2. The van der Waals surface area contributed by atoms with Gasteiger partial charge in [-0.05, 0) is 41.2 Å². The van der Waals surface area contributed by atoms with Crippen molar-refractivity contribution in [2.45, 2.75) is 45.7 Å². The molecule has 0 saturated carbocycles. The van der Waals surface area contributed by atoms with Crippen molar-refractivity contribution in [2.24, 2.45) is 5.41 Å². The van der Waals surface area contributed by atoms with Gasteiger partial charge in [0.25, 0.3) is 0 Å². The topological polar surface area (TPSA) is 6.48 Å². The van der Waals surface area contributed by atoms with Crippen LogP contribution in [0.25, 0.3) is 0 Å². The Kier molecular flexibility index (Phi) is 2.20. The van der Waals surface area contributed by atoms with Gasteiger partial charge in [0.15, 0.2) is 0 Å². The second-order valence-electron chi connectivity index (χ2n) is 6.52. The van der Waals surface area contributed by atoms with E-state index in [-0.39, 0.29) is 0 Å². The second kappa shape index (κ2) is 2.96. The zero-order valence-electron chi connectivity index (χ0n) is 10.3. The Morgan fingerprint density at radius 1 is 1.14 bits per heavy atom. The molecule has 0 radical (unpaired) electrons. The lowest BCUT2D eigenvalue weighted by Crippen LogP contribution is -2.56. The van der Waals surface area contributed by atoms with Crippen molar-refractivity contribution < 1.29 is 0 Å². The van der Waals surface area contributed by atoms with Crippen molar-refractivity contribution in [2.75, 3.05) is 26.7 Å². The Morgan fingerprint density at radius 3 is 2.07 bits per heavy atom. The van der Waals surface area contributed by atoms with Crippen molar-refractivity contribution in [1.82, 2.24) is 9.80 Å². The molecule has 1 atom stereocenters. The van der Waals surface area contributed by atoms with Crippen LogP contribution in [-0.2, 0) is 0 Å². The third kappa shape index (κ3) is 1.59. The molecule has 2 fully saturated rings. The van der Waals surface area contributed by atoms with E-state index < -0.39 is 0 Å². The zero-order valence-corrected chi connectivity index (χ0v) is 10.3. The van der Waals surface area contributed by atoms with Crippen molar-refractivity contribution in [3.63, 3.8) is 0 Å². The van der Waals surface area contributed by atoms with Gasteiger partial charge >= 0.3 is 0 Å². The Hall–Kier alpha value is -0.0800. The van der Waals surface area contributed by atoms with Crippen molar-refractivity contribution >= 4 is 0 Å². The van der Waals surface area contributed by atoms with E-state index in [1.54, 1.807) is 0 Å². The summed E-state index contributed by atoms with van der Waals surface area (Å²) in [5.41, 5.74) is 0.985. The normalized spacial score (nSPS) is 33.6. The van der Waals surface area contributed by atoms with E-state index in [0.29, 0.717) is 11.0 Å². The molecule has 1 unspecified atom stereocenters. The lowest BCUT2D eigenvalue weighted by atomic mass is 9.78. The molecule has 1 spiro atoms. The van der Waals surface area contributed by atoms with Crippen LogP contribution in [0.4, 0.5) is 0 Å². The van der Waals surface area contributed by atoms with Gasteiger partial charge in [0.05, 0.1) is 0 Å². The summed E-state index contributed by atoms with van der Waals surface area (Å²) in [6.07, 6.45) is 1.40. The van der Waals surface area contributed by atoms with Gasteiger partial charge in [0.2, 0.25) is 0 Å². The Labute approximate surface area is 88.3 Å². The quantitative estimate of drug-likeness (QED) is 0.583. The molecule has 0 bridgehead atoms. The van der Waals surface area contributed by atoms with E-state index >= 15 is 0 Å². The molecule has 2 nitrogen and oxygen atoms in total. The first kappa shape index (κ1) is 10.4. The number of likely N-dealkylation sites (tertiary alicyclic amines) is 2. The molecule has 82 valence electrons. The summed E-state index contributed by atoms with van der Waals surface area (Å²) in [7, 11) is 2.23. The van der Waals surface area contributed by atoms with Crippen LogP contribution in [0.3, 0.4) is 0 Å². The monoisotopic (exact) mass is 196 g/mol. The van der Waals surface area contributed by atoms with E-state index in [1.165, 1.54) is 26.1 Å². The average Bonchev–Trinajstić information content (AvgIpc) is 2.25. The van der Waals surface area contributed by atoms with E-state index in [1.807, 2.05) is 0 Å². The number of rotatable bonds is 0. The van der Waals surface area contributed by atoms with Crippen LogP contribution in [0.1, 0.15) is 34.1 Å². The molecule has 2 aliphatic heterocycles. The summed E-state index contributed by atoms with van der Waals surface area (Å²) < 4.78 is 0. The molecule has 0 aliphatic carbocycles. The molecule has 0 aromatic heterocycles. The summed E-state index contributed by atoms with van der Waals surface area (Å²) in [6, 6.07) is 0.767. The largest absolute Gasteiger partial charge is 0.305 e. The molecule has 2 heteroatoms. The van der Waals surface area contributed by atoms with Crippen LogP contribution in [0.2, 0.25) is 0 Å². The summed E-state index contributed by atoms with van der Waals surface area (Å²) in [5, 5.41) is 0. The summed E-state index contributed by atoms with van der Waals surface area (Å²) >= 11 is 0. The molecule has 2 heterocycles. The third-order valence-electron chi connectivity index (χ3n) is 3.84. The van der Waals surface area contributed by atoms with Crippen LogP contribution < -0.4 is 0 Å². The third-order valence-corrected chi connectivity index (χ3v) is 3.84. The molecule has 2 aliphatic rings. The predicted molar refractivity (Wildman–Crippen MR) is 60.5 cm³/mol. The lowest BCUT2D eigenvalue weighted by molar-refractivity contribution is 0.0200. The smallest absolute Gasteiger partial charge is 0.0128 e. The van der Waals surface area contributed by atoms with Gasteiger partial charge in [-0.3, -0.25) is 4.90 Å². The first-order chi connectivity index (χ1) is 6.32. The Balaban J connectivity index is 2.05. The molecule has 0 amide bonds. The van der Waals surface area contributed by atoms with Crippen LogP contribution in [0.5, 0.6) is 0 Å². The molecule has 14 heavy (non-hydrogen) atoms. The highest BCUT2D eigenvalue weighted by Gasteiger charge is 2.50. The molecule has 2 saturated heterocycles. The first-order valence-corrected chi connectivity index (χ1v) is 5.78. The minimum atomic E-state index is 0.344. The molecular weight excluding hydrogens is 172 g/mol. The predicted octanol–water partition coefficient (Wildman–Crippen LogP) is 1.81. The first-order valence-electron chi connectivity index (χ1n) is 5.78. The van der Waals surface area contributed by atoms with E-state index in [0.717, 1.165) is 6.04 Å². The van der Waals surface area contributed by atoms with Crippen LogP contribution in [-0.4, -0.2) is 48.1 Å². The molecule has 2 rings (SSSR count). The van der Waals surface area contributed by atoms with Gasteiger partial charge in [-0.1, -0.05) is 0 Å². The zero-order chi connectivity index (χ0) is 10.6. The SMILES string of the molecule is CC1CC2(CN(C)C2)CN1C(C)(C)C. The van der Waals surface area contributed by atoms with Gasteiger partial charge in [0.1, 0.15) is 0 Å².